The minimum absolute atomic E-state index is 0.107. The number of hydrogen-bond acceptors (Lipinski definition) is 4. The number of thioether (sulfide) groups is 1. The molecule has 122 valence electrons. The second kappa shape index (κ2) is 6.51. The Balaban J connectivity index is 1.60. The predicted octanol–water partition coefficient (Wildman–Crippen LogP) is 3.13. The molecule has 1 saturated heterocycles. The molecule has 6 heteroatoms. The van der Waals surface area contributed by atoms with E-state index in [4.69, 9.17) is 0 Å². The molecule has 3 heterocycles. The number of aromatic nitrogens is 3. The Morgan fingerprint density at radius 2 is 2.00 bits per heavy atom. The van der Waals surface area contributed by atoms with Gasteiger partial charge in [-0.1, -0.05) is 12.8 Å². The van der Waals surface area contributed by atoms with Crippen molar-refractivity contribution in [3.8, 4) is 0 Å². The van der Waals surface area contributed by atoms with Crippen LogP contribution in [0.3, 0.4) is 0 Å². The third-order valence-corrected chi connectivity index (χ3v) is 5.91. The molecule has 1 aliphatic carbocycles. The van der Waals surface area contributed by atoms with Gasteiger partial charge < -0.3 is 4.90 Å². The lowest BCUT2D eigenvalue weighted by atomic mass is 10.2. The van der Waals surface area contributed by atoms with Crippen molar-refractivity contribution in [3.05, 3.63) is 24.0 Å². The fourth-order valence-electron chi connectivity index (χ4n) is 3.60. The molecule has 0 spiro atoms. The second-order valence-electron chi connectivity index (χ2n) is 6.42. The molecule has 0 atom stereocenters. The highest BCUT2D eigenvalue weighted by atomic mass is 32.2. The van der Waals surface area contributed by atoms with Crippen molar-refractivity contribution >= 4 is 28.7 Å². The van der Waals surface area contributed by atoms with E-state index in [1.165, 1.54) is 25.7 Å². The van der Waals surface area contributed by atoms with Crippen LogP contribution in [0.15, 0.2) is 18.5 Å². The first kappa shape index (κ1) is 15.0. The van der Waals surface area contributed by atoms with Crippen molar-refractivity contribution in [3.63, 3.8) is 0 Å². The Morgan fingerprint density at radius 3 is 2.87 bits per heavy atom. The molecule has 1 amide bonds. The van der Waals surface area contributed by atoms with Gasteiger partial charge in [-0.3, -0.25) is 4.79 Å². The van der Waals surface area contributed by atoms with Gasteiger partial charge in [0.1, 0.15) is 0 Å². The number of amides is 1. The standard InChI is InChI=1S/C17H22N4OS/c22-17(20-6-3-8-23-9-7-20)14-10-13-12-19-21(16(13)18-11-14)15-4-1-2-5-15/h10-12,15H,1-9H2. The summed E-state index contributed by atoms with van der Waals surface area (Å²) in [5, 5.41) is 5.51. The van der Waals surface area contributed by atoms with Gasteiger partial charge >= 0.3 is 0 Å². The molecular weight excluding hydrogens is 308 g/mol. The molecule has 0 bridgehead atoms. The van der Waals surface area contributed by atoms with Crippen LogP contribution in [0.2, 0.25) is 0 Å². The summed E-state index contributed by atoms with van der Waals surface area (Å²) in [6.07, 6.45) is 9.58. The predicted molar refractivity (Wildman–Crippen MR) is 92.9 cm³/mol. The Hall–Kier alpha value is -1.56. The molecular formula is C17H22N4OS. The summed E-state index contributed by atoms with van der Waals surface area (Å²) in [6, 6.07) is 2.44. The van der Waals surface area contributed by atoms with Crippen molar-refractivity contribution < 1.29 is 4.79 Å². The molecule has 0 unspecified atom stereocenters. The molecule has 4 rings (SSSR count). The van der Waals surface area contributed by atoms with Gasteiger partial charge in [-0.25, -0.2) is 9.67 Å². The molecule has 2 aliphatic rings. The Kier molecular flexibility index (Phi) is 4.25. The van der Waals surface area contributed by atoms with Crippen molar-refractivity contribution in [2.45, 2.75) is 38.1 Å². The summed E-state index contributed by atoms with van der Waals surface area (Å²) < 4.78 is 2.05. The number of rotatable bonds is 2. The summed E-state index contributed by atoms with van der Waals surface area (Å²) in [7, 11) is 0. The number of carbonyl (C=O) groups is 1. The van der Waals surface area contributed by atoms with Crippen LogP contribution in [0.25, 0.3) is 11.0 Å². The van der Waals surface area contributed by atoms with Gasteiger partial charge in [0.05, 0.1) is 17.8 Å². The highest BCUT2D eigenvalue weighted by Gasteiger charge is 2.22. The van der Waals surface area contributed by atoms with Gasteiger partial charge in [0.15, 0.2) is 5.65 Å². The van der Waals surface area contributed by atoms with Crippen LogP contribution in [-0.4, -0.2) is 50.2 Å². The molecule has 0 N–H and O–H groups in total. The second-order valence-corrected chi connectivity index (χ2v) is 7.65. The summed E-state index contributed by atoms with van der Waals surface area (Å²) in [4.78, 5) is 19.2. The van der Waals surface area contributed by atoms with Crippen molar-refractivity contribution in [1.29, 1.82) is 0 Å². The van der Waals surface area contributed by atoms with E-state index in [9.17, 15) is 4.79 Å². The van der Waals surface area contributed by atoms with Crippen LogP contribution < -0.4 is 0 Å². The van der Waals surface area contributed by atoms with Crippen LogP contribution in [0.5, 0.6) is 0 Å². The summed E-state index contributed by atoms with van der Waals surface area (Å²) in [5.41, 5.74) is 1.61. The minimum atomic E-state index is 0.107. The smallest absolute Gasteiger partial charge is 0.255 e. The van der Waals surface area contributed by atoms with E-state index in [0.29, 0.717) is 11.6 Å². The van der Waals surface area contributed by atoms with Gasteiger partial charge in [-0.15, -0.1) is 0 Å². The lowest BCUT2D eigenvalue weighted by Gasteiger charge is -2.19. The van der Waals surface area contributed by atoms with Gasteiger partial charge in [0, 0.05) is 30.4 Å². The van der Waals surface area contributed by atoms with Gasteiger partial charge in [-0.05, 0) is 31.1 Å². The van der Waals surface area contributed by atoms with Crippen LogP contribution in [-0.2, 0) is 0 Å². The van der Waals surface area contributed by atoms with Crippen molar-refractivity contribution in [1.82, 2.24) is 19.7 Å². The number of pyridine rings is 1. The zero-order chi connectivity index (χ0) is 15.6. The summed E-state index contributed by atoms with van der Waals surface area (Å²) in [6.45, 7) is 1.69. The Morgan fingerprint density at radius 1 is 1.13 bits per heavy atom. The van der Waals surface area contributed by atoms with E-state index in [2.05, 4.69) is 14.8 Å². The van der Waals surface area contributed by atoms with E-state index in [0.717, 1.165) is 42.0 Å². The highest BCUT2D eigenvalue weighted by molar-refractivity contribution is 7.99. The van der Waals surface area contributed by atoms with E-state index in [1.54, 1.807) is 6.20 Å². The Bertz CT molecular complexity index is 700. The molecule has 2 fully saturated rings. The van der Waals surface area contributed by atoms with Gasteiger partial charge in [0.25, 0.3) is 5.91 Å². The van der Waals surface area contributed by atoms with E-state index in [-0.39, 0.29) is 5.91 Å². The largest absolute Gasteiger partial charge is 0.338 e. The summed E-state index contributed by atoms with van der Waals surface area (Å²) in [5.74, 6) is 2.28. The first-order valence-electron chi connectivity index (χ1n) is 8.53. The zero-order valence-electron chi connectivity index (χ0n) is 13.3. The fourth-order valence-corrected chi connectivity index (χ4v) is 4.49. The van der Waals surface area contributed by atoms with Crippen molar-refractivity contribution in [2.24, 2.45) is 0 Å². The van der Waals surface area contributed by atoms with Crippen LogP contribution in [0.4, 0.5) is 0 Å². The molecule has 2 aromatic heterocycles. The fraction of sp³-hybridized carbons (Fsp3) is 0.588. The summed E-state index contributed by atoms with van der Waals surface area (Å²) >= 11 is 1.93. The molecule has 2 aromatic rings. The SMILES string of the molecule is O=C(c1cnc2c(cnn2C2CCCC2)c1)N1CCCSCC1. The first-order chi connectivity index (χ1) is 11.3. The third kappa shape index (κ3) is 2.96. The zero-order valence-corrected chi connectivity index (χ0v) is 14.1. The topological polar surface area (TPSA) is 51.0 Å². The van der Waals surface area contributed by atoms with E-state index in [1.807, 2.05) is 28.9 Å². The minimum Gasteiger partial charge on any atom is -0.338 e. The molecule has 1 saturated carbocycles. The molecule has 0 aromatic carbocycles. The molecule has 1 aliphatic heterocycles. The number of hydrogen-bond donors (Lipinski definition) is 0. The molecule has 0 radical (unpaired) electrons. The first-order valence-corrected chi connectivity index (χ1v) is 9.69. The van der Waals surface area contributed by atoms with Gasteiger partial charge in [0.2, 0.25) is 0 Å². The maximum absolute atomic E-state index is 12.7. The van der Waals surface area contributed by atoms with Crippen LogP contribution in [0.1, 0.15) is 48.5 Å². The van der Waals surface area contributed by atoms with E-state index < -0.39 is 0 Å². The number of carbonyl (C=O) groups excluding carboxylic acids is 1. The highest BCUT2D eigenvalue weighted by Crippen LogP contribution is 2.31. The molecule has 5 nitrogen and oxygen atoms in total. The quantitative estimate of drug-likeness (QED) is 0.849. The maximum Gasteiger partial charge on any atom is 0.255 e. The normalized spacial score (nSPS) is 20.1. The third-order valence-electron chi connectivity index (χ3n) is 4.86. The maximum atomic E-state index is 12.7. The molecule has 23 heavy (non-hydrogen) atoms. The van der Waals surface area contributed by atoms with Gasteiger partial charge in [-0.2, -0.15) is 16.9 Å². The Labute approximate surface area is 140 Å². The van der Waals surface area contributed by atoms with Crippen LogP contribution >= 0.6 is 11.8 Å². The average molecular weight is 330 g/mol. The van der Waals surface area contributed by atoms with Crippen LogP contribution in [0, 0.1) is 0 Å². The lowest BCUT2D eigenvalue weighted by Crippen LogP contribution is -2.33. The number of fused-ring (bicyclic) bond motifs is 1. The number of nitrogens with zero attached hydrogens (tertiary/aromatic N) is 4. The lowest BCUT2D eigenvalue weighted by molar-refractivity contribution is 0.0768. The average Bonchev–Trinajstić information content (AvgIpc) is 3.16. The monoisotopic (exact) mass is 330 g/mol. The van der Waals surface area contributed by atoms with Crippen molar-refractivity contribution in [2.75, 3.05) is 24.6 Å². The van der Waals surface area contributed by atoms with E-state index >= 15 is 0 Å².